The molecule has 152 valence electrons. The van der Waals surface area contributed by atoms with Crippen LogP contribution in [0.3, 0.4) is 0 Å². The molecule has 2 heterocycles. The van der Waals surface area contributed by atoms with Gasteiger partial charge < -0.3 is 9.88 Å². The summed E-state index contributed by atoms with van der Waals surface area (Å²) in [6, 6.07) is 15.7. The molecule has 0 aliphatic carbocycles. The van der Waals surface area contributed by atoms with Gasteiger partial charge >= 0.3 is 0 Å². The van der Waals surface area contributed by atoms with Gasteiger partial charge in [-0.3, -0.25) is 0 Å². The van der Waals surface area contributed by atoms with E-state index in [-0.39, 0.29) is 5.75 Å². The predicted molar refractivity (Wildman–Crippen MR) is 120 cm³/mol. The standard InChI is InChI=1S/C24H28N2O2S/c1-2-7-19-11-12-24-23(16-19)20(17-21-8-6-13-25-21)18-26(24)14-15-29(27,28)22-9-4-3-5-10-22/h2-5,7,9-12,16,18,21,25H,6,8,13-15,17H2,1H3/b7-2+. The molecular weight excluding hydrogens is 380 g/mol. The maximum Gasteiger partial charge on any atom is 0.180 e. The summed E-state index contributed by atoms with van der Waals surface area (Å²) in [4.78, 5) is 0.391. The van der Waals surface area contributed by atoms with Gasteiger partial charge in [0, 0.05) is 29.7 Å². The summed E-state index contributed by atoms with van der Waals surface area (Å²) in [5, 5.41) is 4.81. The first-order valence-corrected chi connectivity index (χ1v) is 12.0. The molecule has 0 radical (unpaired) electrons. The molecule has 1 aliphatic rings. The maximum atomic E-state index is 12.7. The van der Waals surface area contributed by atoms with Crippen LogP contribution < -0.4 is 5.32 Å². The predicted octanol–water partition coefficient (Wildman–Crippen LogP) is 4.44. The lowest BCUT2D eigenvalue weighted by Gasteiger charge is -2.09. The third-order valence-electron chi connectivity index (χ3n) is 5.68. The van der Waals surface area contributed by atoms with Gasteiger partial charge in [-0.2, -0.15) is 0 Å². The topological polar surface area (TPSA) is 51.1 Å². The monoisotopic (exact) mass is 408 g/mol. The lowest BCUT2D eigenvalue weighted by atomic mass is 10.0. The van der Waals surface area contributed by atoms with Crippen LogP contribution in [-0.2, 0) is 22.8 Å². The number of allylic oxidation sites excluding steroid dienone is 1. The van der Waals surface area contributed by atoms with Gasteiger partial charge in [0.2, 0.25) is 0 Å². The summed E-state index contributed by atoms with van der Waals surface area (Å²) in [7, 11) is -3.30. The summed E-state index contributed by atoms with van der Waals surface area (Å²) in [5.41, 5.74) is 3.58. The van der Waals surface area contributed by atoms with E-state index in [1.54, 1.807) is 24.3 Å². The fourth-order valence-electron chi connectivity index (χ4n) is 4.19. The molecule has 1 saturated heterocycles. The SMILES string of the molecule is C/C=C/c1ccc2c(c1)c(CC1CCCN1)cn2CCS(=O)(=O)c1ccccc1. The van der Waals surface area contributed by atoms with Crippen molar-refractivity contribution in [2.75, 3.05) is 12.3 Å². The number of nitrogens with zero attached hydrogens (tertiary/aromatic N) is 1. The van der Waals surface area contributed by atoms with Crippen LogP contribution in [-0.4, -0.2) is 31.3 Å². The molecule has 1 aliphatic heterocycles. The van der Waals surface area contributed by atoms with Crippen molar-refractivity contribution in [3.8, 4) is 0 Å². The van der Waals surface area contributed by atoms with E-state index in [9.17, 15) is 8.42 Å². The number of rotatable bonds is 7. The second-order valence-electron chi connectivity index (χ2n) is 7.75. The molecule has 0 saturated carbocycles. The molecule has 1 atom stereocenters. The van der Waals surface area contributed by atoms with E-state index in [1.165, 1.54) is 29.4 Å². The highest BCUT2D eigenvalue weighted by Gasteiger charge is 2.19. The van der Waals surface area contributed by atoms with Gasteiger partial charge in [0.15, 0.2) is 9.84 Å². The molecule has 1 aromatic heterocycles. The second kappa shape index (κ2) is 8.56. The highest BCUT2D eigenvalue weighted by molar-refractivity contribution is 7.91. The van der Waals surface area contributed by atoms with Crippen LogP contribution in [0.1, 0.15) is 30.9 Å². The van der Waals surface area contributed by atoms with Crippen molar-refractivity contribution in [3.63, 3.8) is 0 Å². The van der Waals surface area contributed by atoms with Crippen molar-refractivity contribution in [1.29, 1.82) is 0 Å². The molecule has 4 nitrogen and oxygen atoms in total. The van der Waals surface area contributed by atoms with Crippen LogP contribution in [0.2, 0.25) is 0 Å². The van der Waals surface area contributed by atoms with E-state index in [1.807, 2.05) is 19.1 Å². The molecule has 2 aromatic carbocycles. The van der Waals surface area contributed by atoms with Crippen molar-refractivity contribution >= 4 is 26.8 Å². The fraction of sp³-hybridized carbons (Fsp3) is 0.333. The van der Waals surface area contributed by atoms with Gasteiger partial charge in [0.1, 0.15) is 0 Å². The summed E-state index contributed by atoms with van der Waals surface area (Å²) in [5.74, 6) is 0.0958. The number of sulfone groups is 1. The van der Waals surface area contributed by atoms with Crippen molar-refractivity contribution in [2.24, 2.45) is 0 Å². The van der Waals surface area contributed by atoms with Gasteiger partial charge in [-0.25, -0.2) is 8.42 Å². The molecule has 1 fully saturated rings. The first kappa shape index (κ1) is 19.9. The van der Waals surface area contributed by atoms with Crippen LogP contribution in [0.5, 0.6) is 0 Å². The molecule has 1 N–H and O–H groups in total. The molecule has 1 unspecified atom stereocenters. The Balaban J connectivity index is 1.64. The first-order valence-electron chi connectivity index (χ1n) is 10.3. The molecule has 0 bridgehead atoms. The fourth-order valence-corrected chi connectivity index (χ4v) is 5.44. The number of fused-ring (bicyclic) bond motifs is 1. The van der Waals surface area contributed by atoms with E-state index in [4.69, 9.17) is 0 Å². The molecule has 0 spiro atoms. The largest absolute Gasteiger partial charge is 0.346 e. The summed E-state index contributed by atoms with van der Waals surface area (Å²) in [6.07, 6.45) is 9.71. The second-order valence-corrected chi connectivity index (χ2v) is 9.86. The quantitative estimate of drug-likeness (QED) is 0.629. The van der Waals surface area contributed by atoms with E-state index in [0.29, 0.717) is 17.5 Å². The number of hydrogen-bond acceptors (Lipinski definition) is 3. The first-order chi connectivity index (χ1) is 14.1. The number of nitrogens with one attached hydrogen (secondary N) is 1. The average Bonchev–Trinajstić information content (AvgIpc) is 3.36. The number of aromatic nitrogens is 1. The van der Waals surface area contributed by atoms with Crippen LogP contribution in [0, 0.1) is 0 Å². The highest BCUT2D eigenvalue weighted by Crippen LogP contribution is 2.26. The van der Waals surface area contributed by atoms with Crippen LogP contribution in [0.25, 0.3) is 17.0 Å². The van der Waals surface area contributed by atoms with Crippen molar-refractivity contribution in [2.45, 2.75) is 43.7 Å². The van der Waals surface area contributed by atoms with Crippen LogP contribution in [0.4, 0.5) is 0 Å². The van der Waals surface area contributed by atoms with Gasteiger partial charge in [-0.1, -0.05) is 36.4 Å². The Kier molecular flexibility index (Phi) is 5.88. The molecule has 0 amide bonds. The number of benzene rings is 2. The Hall–Kier alpha value is -2.37. The van der Waals surface area contributed by atoms with Gasteiger partial charge in [0.25, 0.3) is 0 Å². The third-order valence-corrected chi connectivity index (χ3v) is 7.39. The van der Waals surface area contributed by atoms with Crippen LogP contribution >= 0.6 is 0 Å². The average molecular weight is 409 g/mol. The van der Waals surface area contributed by atoms with Gasteiger partial charge in [0.05, 0.1) is 10.6 Å². The zero-order valence-electron chi connectivity index (χ0n) is 16.8. The van der Waals surface area contributed by atoms with Gasteiger partial charge in [-0.15, -0.1) is 0 Å². The molecule has 3 aromatic rings. The minimum Gasteiger partial charge on any atom is -0.346 e. The molecular formula is C24H28N2O2S. The molecule has 5 heteroatoms. The lowest BCUT2D eigenvalue weighted by Crippen LogP contribution is -2.23. The Morgan fingerprint density at radius 2 is 2.00 bits per heavy atom. The van der Waals surface area contributed by atoms with Crippen LogP contribution in [0.15, 0.2) is 65.7 Å². The minimum absolute atomic E-state index is 0.0958. The normalized spacial score (nSPS) is 17.5. The number of aryl methyl sites for hydroxylation is 1. The zero-order chi connectivity index (χ0) is 20.3. The summed E-state index contributed by atoms with van der Waals surface area (Å²) >= 11 is 0. The molecule has 29 heavy (non-hydrogen) atoms. The lowest BCUT2D eigenvalue weighted by molar-refractivity contribution is 0.589. The third kappa shape index (κ3) is 4.46. The smallest absolute Gasteiger partial charge is 0.180 e. The Morgan fingerprint density at radius 1 is 1.17 bits per heavy atom. The molecule has 4 rings (SSSR count). The summed E-state index contributed by atoms with van der Waals surface area (Å²) < 4.78 is 27.6. The Bertz CT molecular complexity index is 1110. The van der Waals surface area contributed by atoms with E-state index < -0.39 is 9.84 Å². The Morgan fingerprint density at radius 3 is 2.72 bits per heavy atom. The van der Waals surface area contributed by atoms with E-state index in [2.05, 4.69) is 40.4 Å². The van der Waals surface area contributed by atoms with E-state index >= 15 is 0 Å². The van der Waals surface area contributed by atoms with E-state index in [0.717, 1.165) is 18.5 Å². The highest BCUT2D eigenvalue weighted by atomic mass is 32.2. The minimum atomic E-state index is -3.30. The zero-order valence-corrected chi connectivity index (χ0v) is 17.7. The van der Waals surface area contributed by atoms with Gasteiger partial charge in [-0.05, 0) is 68.1 Å². The van der Waals surface area contributed by atoms with Crippen molar-refractivity contribution in [1.82, 2.24) is 9.88 Å². The maximum absolute atomic E-state index is 12.7. The number of hydrogen-bond donors (Lipinski definition) is 1. The Labute approximate surface area is 173 Å². The van der Waals surface area contributed by atoms with Crippen molar-refractivity contribution in [3.05, 3.63) is 71.9 Å². The summed E-state index contributed by atoms with van der Waals surface area (Å²) in [6.45, 7) is 3.56. The van der Waals surface area contributed by atoms with Crippen molar-refractivity contribution < 1.29 is 8.42 Å².